The number of nitrogens with zero attached hydrogens (tertiary/aromatic N) is 2. The number of ether oxygens (including phenoxy) is 1. The molecule has 1 amide bonds. The van der Waals surface area contributed by atoms with E-state index in [-0.39, 0.29) is 10.8 Å². The van der Waals surface area contributed by atoms with Crippen molar-refractivity contribution >= 4 is 49.8 Å². The number of hydrogen-bond donors (Lipinski definition) is 1. The van der Waals surface area contributed by atoms with Crippen LogP contribution in [0.4, 0.5) is 0 Å². The van der Waals surface area contributed by atoms with Crippen molar-refractivity contribution in [3.05, 3.63) is 57.0 Å². The molecular formula is C19H21BrClN3O4S. The summed E-state index contributed by atoms with van der Waals surface area (Å²) in [7, 11) is 0.996. The topological polar surface area (TPSA) is 88.1 Å². The van der Waals surface area contributed by atoms with E-state index < -0.39 is 10.0 Å². The minimum atomic E-state index is -3.84. The fraction of sp³-hybridized carbons (Fsp3) is 0.263. The van der Waals surface area contributed by atoms with Gasteiger partial charge in [0.2, 0.25) is 0 Å². The van der Waals surface area contributed by atoms with Gasteiger partial charge in [-0.15, -0.1) is 4.40 Å². The van der Waals surface area contributed by atoms with Crippen LogP contribution >= 0.6 is 27.5 Å². The zero-order chi connectivity index (χ0) is 21.6. The Morgan fingerprint density at radius 1 is 1.28 bits per heavy atom. The minimum absolute atomic E-state index is 0.0657. The van der Waals surface area contributed by atoms with E-state index in [0.717, 1.165) is 5.56 Å². The lowest BCUT2D eigenvalue weighted by Gasteiger charge is -2.11. The fourth-order valence-electron chi connectivity index (χ4n) is 2.39. The van der Waals surface area contributed by atoms with E-state index >= 15 is 0 Å². The first-order chi connectivity index (χ1) is 13.6. The lowest BCUT2D eigenvalue weighted by Crippen LogP contribution is -2.26. The van der Waals surface area contributed by atoms with Gasteiger partial charge >= 0.3 is 0 Å². The number of halogens is 2. The maximum Gasteiger partial charge on any atom is 0.284 e. The van der Waals surface area contributed by atoms with Crippen molar-refractivity contribution in [3.63, 3.8) is 0 Å². The minimum Gasteiger partial charge on any atom is -0.496 e. The van der Waals surface area contributed by atoms with Gasteiger partial charge in [-0.25, -0.2) is 0 Å². The van der Waals surface area contributed by atoms with Crippen LogP contribution in [-0.2, 0) is 16.4 Å². The second-order valence-corrected chi connectivity index (χ2v) is 9.17. The molecule has 0 bridgehead atoms. The molecule has 1 N–H and O–H groups in total. The maximum atomic E-state index is 12.4. The molecule has 2 aromatic rings. The summed E-state index contributed by atoms with van der Waals surface area (Å²) in [6.07, 6.45) is 1.66. The van der Waals surface area contributed by atoms with E-state index in [1.54, 1.807) is 44.4 Å². The number of carbonyl (C=O) groups excluding carboxylic acids is 1. The van der Waals surface area contributed by atoms with Gasteiger partial charge in [-0.2, -0.15) is 8.42 Å². The van der Waals surface area contributed by atoms with E-state index in [1.807, 2.05) is 0 Å². The molecule has 0 spiro atoms. The molecule has 0 saturated heterocycles. The number of amides is 1. The summed E-state index contributed by atoms with van der Waals surface area (Å²) < 4.78 is 34.1. The molecule has 156 valence electrons. The normalized spacial score (nSPS) is 11.5. The number of methoxy groups -OCH3 is 1. The first-order valence-electron chi connectivity index (χ1n) is 8.51. The van der Waals surface area contributed by atoms with Crippen molar-refractivity contribution in [2.45, 2.75) is 11.3 Å². The van der Waals surface area contributed by atoms with Crippen LogP contribution < -0.4 is 10.1 Å². The van der Waals surface area contributed by atoms with E-state index in [9.17, 15) is 13.2 Å². The smallest absolute Gasteiger partial charge is 0.284 e. The maximum absolute atomic E-state index is 12.4. The van der Waals surface area contributed by atoms with Crippen LogP contribution in [0.25, 0.3) is 0 Å². The van der Waals surface area contributed by atoms with Gasteiger partial charge < -0.3 is 15.0 Å². The molecule has 0 atom stereocenters. The van der Waals surface area contributed by atoms with Gasteiger partial charge in [-0.05, 0) is 58.2 Å². The summed E-state index contributed by atoms with van der Waals surface area (Å²) in [5.41, 5.74) is 1.07. The Morgan fingerprint density at radius 2 is 2.00 bits per heavy atom. The van der Waals surface area contributed by atoms with Crippen LogP contribution in [0.1, 0.15) is 15.9 Å². The molecular weight excluding hydrogens is 482 g/mol. The quantitative estimate of drug-likeness (QED) is 0.442. The highest BCUT2D eigenvalue weighted by molar-refractivity contribution is 9.10. The Labute approximate surface area is 183 Å². The Bertz CT molecular complexity index is 1030. The molecule has 0 fully saturated rings. The van der Waals surface area contributed by atoms with Gasteiger partial charge in [-0.1, -0.05) is 17.7 Å². The van der Waals surface area contributed by atoms with E-state index in [1.165, 1.54) is 24.4 Å². The van der Waals surface area contributed by atoms with E-state index in [4.69, 9.17) is 16.3 Å². The first kappa shape index (κ1) is 23.2. The first-order valence-corrected chi connectivity index (χ1v) is 11.1. The van der Waals surface area contributed by atoms with Gasteiger partial charge in [0.15, 0.2) is 0 Å². The van der Waals surface area contributed by atoms with Crippen LogP contribution in [0.2, 0.25) is 5.02 Å². The zero-order valence-electron chi connectivity index (χ0n) is 16.1. The number of hydrogen-bond acceptors (Lipinski definition) is 4. The number of benzene rings is 2. The van der Waals surface area contributed by atoms with Crippen molar-refractivity contribution in [2.24, 2.45) is 4.40 Å². The second kappa shape index (κ2) is 10.1. The van der Waals surface area contributed by atoms with Crippen molar-refractivity contribution in [1.82, 2.24) is 10.2 Å². The lowest BCUT2D eigenvalue weighted by atomic mass is 10.1. The summed E-state index contributed by atoms with van der Waals surface area (Å²) >= 11 is 9.21. The number of nitrogens with one attached hydrogen (secondary N) is 1. The molecule has 0 aliphatic carbocycles. The summed E-state index contributed by atoms with van der Waals surface area (Å²) in [6, 6.07) is 9.76. The number of sulfonamides is 1. The highest BCUT2D eigenvalue weighted by Gasteiger charge is 2.17. The Kier molecular flexibility index (Phi) is 8.06. The molecule has 7 nitrogen and oxygen atoms in total. The average Bonchev–Trinajstić information content (AvgIpc) is 2.67. The fourth-order valence-corrected chi connectivity index (χ4v) is 4.46. The SMILES string of the molecule is COc1ccc(Cl)cc1C(=O)NCCc1ccc(Br)c(S(=O)(=O)N=CN(C)C)c1. The third-order valence-corrected chi connectivity index (χ3v) is 6.25. The number of rotatable bonds is 8. The van der Waals surface area contributed by atoms with Gasteiger partial charge in [0.1, 0.15) is 17.0 Å². The summed E-state index contributed by atoms with van der Waals surface area (Å²) in [5, 5.41) is 3.22. The largest absolute Gasteiger partial charge is 0.496 e. The molecule has 2 aromatic carbocycles. The van der Waals surface area contributed by atoms with Crippen LogP contribution in [0, 0.1) is 0 Å². The molecule has 0 aliphatic rings. The average molecular weight is 503 g/mol. The molecule has 10 heteroatoms. The monoisotopic (exact) mass is 501 g/mol. The van der Waals surface area contributed by atoms with Crippen LogP contribution in [0.15, 0.2) is 50.2 Å². The number of carbonyl (C=O) groups is 1. The van der Waals surface area contributed by atoms with Crippen LogP contribution in [0.3, 0.4) is 0 Å². The van der Waals surface area contributed by atoms with E-state index in [2.05, 4.69) is 25.6 Å². The summed E-state index contributed by atoms with van der Waals surface area (Å²) in [4.78, 5) is 14.0. The Morgan fingerprint density at radius 3 is 2.66 bits per heavy atom. The van der Waals surface area contributed by atoms with Gasteiger partial charge in [0.25, 0.3) is 15.9 Å². The molecule has 29 heavy (non-hydrogen) atoms. The van der Waals surface area contributed by atoms with Gasteiger partial charge in [-0.3, -0.25) is 4.79 Å². The molecule has 0 aliphatic heterocycles. The summed E-state index contributed by atoms with van der Waals surface area (Å²) in [5.74, 6) is 0.0903. The predicted octanol–water partition coefficient (Wildman–Crippen LogP) is 3.36. The van der Waals surface area contributed by atoms with Crippen LogP contribution in [0.5, 0.6) is 5.75 Å². The molecule has 0 radical (unpaired) electrons. The van der Waals surface area contributed by atoms with Crippen molar-refractivity contribution in [3.8, 4) is 5.75 Å². The molecule has 0 saturated carbocycles. The third kappa shape index (κ3) is 6.45. The standard InChI is InChI=1S/C19H21BrClN3O4S/c1-24(2)12-23-29(26,27)18-10-13(4-6-16(18)20)8-9-22-19(25)15-11-14(21)5-7-17(15)28-3/h4-7,10-12H,8-9H2,1-3H3,(H,22,25). The molecule has 0 heterocycles. The van der Waals surface area contributed by atoms with Crippen LogP contribution in [-0.4, -0.2) is 53.3 Å². The molecule has 0 unspecified atom stereocenters. The third-order valence-electron chi connectivity index (χ3n) is 3.80. The Balaban J connectivity index is 2.11. The Hall–Kier alpha value is -2.10. The highest BCUT2D eigenvalue weighted by Crippen LogP contribution is 2.25. The van der Waals surface area contributed by atoms with Gasteiger partial charge in [0.05, 0.1) is 12.7 Å². The second-order valence-electron chi connectivity index (χ2n) is 6.27. The van der Waals surface area contributed by atoms with Crippen molar-refractivity contribution in [2.75, 3.05) is 27.7 Å². The van der Waals surface area contributed by atoms with Gasteiger partial charge in [0, 0.05) is 30.1 Å². The van der Waals surface area contributed by atoms with Crippen molar-refractivity contribution < 1.29 is 17.9 Å². The zero-order valence-corrected chi connectivity index (χ0v) is 19.3. The van der Waals surface area contributed by atoms with Crippen molar-refractivity contribution in [1.29, 1.82) is 0 Å². The predicted molar refractivity (Wildman–Crippen MR) is 118 cm³/mol. The lowest BCUT2D eigenvalue weighted by molar-refractivity contribution is 0.0951. The summed E-state index contributed by atoms with van der Waals surface area (Å²) in [6.45, 7) is 0.302. The molecule has 2 rings (SSSR count). The molecule has 0 aromatic heterocycles. The highest BCUT2D eigenvalue weighted by atomic mass is 79.9. The van der Waals surface area contributed by atoms with E-state index in [0.29, 0.717) is 33.8 Å².